The number of phosphoric acid groups is 1. The molecular weight excluding hydrogens is 1020 g/mol. The molecule has 3 unspecified atom stereocenters. The van der Waals surface area contributed by atoms with E-state index >= 15 is 0 Å². The van der Waals surface area contributed by atoms with Gasteiger partial charge in [-0.15, -0.1) is 0 Å². The maximum atomic E-state index is 12.9. The Balaban J connectivity index is 4.82. The highest BCUT2D eigenvalue weighted by molar-refractivity contribution is 7.47. The van der Waals surface area contributed by atoms with Crippen molar-refractivity contribution in [2.24, 2.45) is 0 Å². The minimum absolute atomic E-state index is 0.118. The number of hydrogen-bond donors (Lipinski definition) is 2. The standard InChI is InChI=1S/C68H113O11P/c1-4-7-10-13-16-19-22-25-28-30-32-34-37-39-42-45-48-51-54-57-66(70)75-61-65(79-68(72)59-56-53-50-47-44-41-38-35-33-31-29-26-23-20-17-14-11-8-5-2)63-77-80(73,74)76-62-64(60-69)78-67(71)58-55-52-49-46-43-40-36-27-24-21-18-15-12-9-6-3/h7-8,10-11,16-17,19-20,25-29,32-36,41,44,64-65,69H,4-6,9,12-15,18,21-24,30-31,37-40,42-43,45-63H2,1-3H3,(H,73,74)/b10-7-,11-8-,19-16-,20-17-,28-25-,29-26-,34-32-,35-33-,36-27-,44-41-. The van der Waals surface area contributed by atoms with Gasteiger partial charge < -0.3 is 24.2 Å². The Morgan fingerprint density at radius 1 is 0.362 bits per heavy atom. The Labute approximate surface area is 487 Å². The first-order valence-corrected chi connectivity index (χ1v) is 32.9. The Kier molecular flexibility index (Phi) is 57.8. The third-order valence-corrected chi connectivity index (χ3v) is 13.8. The molecule has 0 aromatic rings. The van der Waals surface area contributed by atoms with Gasteiger partial charge in [0.15, 0.2) is 6.10 Å². The van der Waals surface area contributed by atoms with Gasteiger partial charge in [-0.3, -0.25) is 23.4 Å². The first-order valence-electron chi connectivity index (χ1n) is 31.4. The van der Waals surface area contributed by atoms with E-state index in [0.29, 0.717) is 19.3 Å². The highest BCUT2D eigenvalue weighted by atomic mass is 31.2. The smallest absolute Gasteiger partial charge is 0.462 e. The third kappa shape index (κ3) is 58.5. The molecule has 0 aliphatic heterocycles. The molecule has 0 saturated heterocycles. The summed E-state index contributed by atoms with van der Waals surface area (Å²) in [5.41, 5.74) is 0. The summed E-state index contributed by atoms with van der Waals surface area (Å²) in [6.07, 6.45) is 75.7. The fraction of sp³-hybridized carbons (Fsp3) is 0.662. The van der Waals surface area contributed by atoms with Gasteiger partial charge in [0.1, 0.15) is 12.7 Å². The topological polar surface area (TPSA) is 155 Å². The predicted octanol–water partition coefficient (Wildman–Crippen LogP) is 19.1. The highest BCUT2D eigenvalue weighted by Crippen LogP contribution is 2.43. The molecule has 2 N–H and O–H groups in total. The van der Waals surface area contributed by atoms with Crippen molar-refractivity contribution in [2.75, 3.05) is 26.4 Å². The summed E-state index contributed by atoms with van der Waals surface area (Å²) in [4.78, 5) is 48.7. The van der Waals surface area contributed by atoms with E-state index in [2.05, 4.69) is 142 Å². The molecule has 0 aromatic heterocycles. The number of esters is 3. The predicted molar refractivity (Wildman–Crippen MR) is 334 cm³/mol. The molecule has 0 spiro atoms. The molecule has 0 aromatic carbocycles. The summed E-state index contributed by atoms with van der Waals surface area (Å²) in [5.74, 6) is -1.53. The molecule has 0 rings (SSSR count). The third-order valence-electron chi connectivity index (χ3n) is 12.8. The average molecular weight is 1140 g/mol. The molecule has 0 heterocycles. The van der Waals surface area contributed by atoms with Crippen molar-refractivity contribution in [1.82, 2.24) is 0 Å². The van der Waals surface area contributed by atoms with Crippen molar-refractivity contribution in [3.05, 3.63) is 122 Å². The van der Waals surface area contributed by atoms with Crippen molar-refractivity contribution in [1.29, 1.82) is 0 Å². The lowest BCUT2D eigenvalue weighted by Gasteiger charge is -2.21. The molecule has 0 saturated carbocycles. The number of unbranched alkanes of at least 4 members (excludes halogenated alkanes) is 20. The molecule has 0 bridgehead atoms. The van der Waals surface area contributed by atoms with Crippen LogP contribution in [0.25, 0.3) is 0 Å². The Morgan fingerprint density at radius 3 is 1.02 bits per heavy atom. The molecular formula is C68H113O11P. The van der Waals surface area contributed by atoms with E-state index in [1.165, 1.54) is 38.5 Å². The van der Waals surface area contributed by atoms with E-state index in [-0.39, 0.29) is 25.9 Å². The van der Waals surface area contributed by atoms with Gasteiger partial charge in [-0.25, -0.2) is 4.57 Å². The van der Waals surface area contributed by atoms with Crippen LogP contribution in [0.3, 0.4) is 0 Å². The summed E-state index contributed by atoms with van der Waals surface area (Å²) in [7, 11) is -4.78. The van der Waals surface area contributed by atoms with Gasteiger partial charge in [0.05, 0.1) is 19.8 Å². The van der Waals surface area contributed by atoms with Crippen LogP contribution in [0.5, 0.6) is 0 Å². The van der Waals surface area contributed by atoms with Crippen molar-refractivity contribution in [3.8, 4) is 0 Å². The summed E-state index contributed by atoms with van der Waals surface area (Å²) < 4.78 is 39.6. The molecule has 456 valence electrons. The summed E-state index contributed by atoms with van der Waals surface area (Å²) in [5, 5.41) is 9.84. The van der Waals surface area contributed by atoms with Crippen LogP contribution < -0.4 is 0 Å². The first kappa shape index (κ1) is 75.9. The zero-order valence-electron chi connectivity index (χ0n) is 50.5. The van der Waals surface area contributed by atoms with Crippen LogP contribution in [-0.2, 0) is 42.2 Å². The van der Waals surface area contributed by atoms with E-state index in [0.717, 1.165) is 154 Å². The fourth-order valence-electron chi connectivity index (χ4n) is 8.13. The van der Waals surface area contributed by atoms with E-state index in [9.17, 15) is 28.9 Å². The Morgan fingerprint density at radius 2 is 0.650 bits per heavy atom. The molecule has 0 amide bonds. The quantitative estimate of drug-likeness (QED) is 0.0197. The Bertz CT molecular complexity index is 1800. The van der Waals surface area contributed by atoms with E-state index < -0.39 is 57.8 Å². The van der Waals surface area contributed by atoms with Gasteiger partial charge in [0, 0.05) is 19.3 Å². The van der Waals surface area contributed by atoms with Crippen LogP contribution in [0.2, 0.25) is 0 Å². The molecule has 3 atom stereocenters. The summed E-state index contributed by atoms with van der Waals surface area (Å²) >= 11 is 0. The number of aliphatic hydroxyl groups excluding tert-OH is 1. The van der Waals surface area contributed by atoms with Crippen LogP contribution in [0.4, 0.5) is 0 Å². The van der Waals surface area contributed by atoms with E-state index in [1.807, 2.05) is 0 Å². The lowest BCUT2D eigenvalue weighted by atomic mass is 10.1. The number of allylic oxidation sites excluding steroid dienone is 20. The summed E-state index contributed by atoms with van der Waals surface area (Å²) in [6, 6.07) is 0. The number of carbonyl (C=O) groups is 3. The second-order valence-electron chi connectivity index (χ2n) is 20.5. The van der Waals surface area contributed by atoms with Crippen molar-refractivity contribution in [2.45, 2.75) is 264 Å². The summed E-state index contributed by atoms with van der Waals surface area (Å²) in [6.45, 7) is 4.36. The van der Waals surface area contributed by atoms with Crippen molar-refractivity contribution in [3.63, 3.8) is 0 Å². The molecule has 0 fully saturated rings. The maximum Gasteiger partial charge on any atom is 0.472 e. The molecule has 0 radical (unpaired) electrons. The van der Waals surface area contributed by atoms with E-state index in [1.54, 1.807) is 0 Å². The minimum Gasteiger partial charge on any atom is -0.462 e. The lowest BCUT2D eigenvalue weighted by Crippen LogP contribution is -2.30. The van der Waals surface area contributed by atoms with Crippen LogP contribution >= 0.6 is 7.82 Å². The molecule has 12 heteroatoms. The molecule has 11 nitrogen and oxygen atoms in total. The second-order valence-corrected chi connectivity index (χ2v) is 21.9. The normalized spacial score (nSPS) is 14.1. The molecule has 0 aliphatic carbocycles. The SMILES string of the molecule is CC/C=C\C/C=C\C/C=C\C/C=C\C/C=C\CCCCCC(=O)OC(COC(=O)CCCCCCCC/C=C\C/C=C\C/C=C\C/C=C\CC)COP(=O)(O)OCC(CO)OC(=O)CCCCCCC/C=C\CCCCCCCC. The van der Waals surface area contributed by atoms with Gasteiger partial charge in [0.25, 0.3) is 0 Å². The first-order chi connectivity index (χ1) is 39.2. The van der Waals surface area contributed by atoms with Crippen LogP contribution in [0, 0.1) is 0 Å². The zero-order chi connectivity index (χ0) is 58.3. The highest BCUT2D eigenvalue weighted by Gasteiger charge is 2.28. The number of carbonyl (C=O) groups excluding carboxylic acids is 3. The van der Waals surface area contributed by atoms with Gasteiger partial charge in [0.2, 0.25) is 0 Å². The number of phosphoric ester groups is 1. The maximum absolute atomic E-state index is 12.9. The van der Waals surface area contributed by atoms with Gasteiger partial charge in [-0.05, 0) is 128 Å². The van der Waals surface area contributed by atoms with Crippen molar-refractivity contribution < 1.29 is 52.2 Å². The number of aliphatic hydroxyl groups is 1. The van der Waals surface area contributed by atoms with Gasteiger partial charge in [-0.1, -0.05) is 226 Å². The van der Waals surface area contributed by atoms with Crippen molar-refractivity contribution >= 4 is 25.7 Å². The number of rotatable bonds is 57. The van der Waals surface area contributed by atoms with Crippen LogP contribution in [0.1, 0.15) is 252 Å². The molecule has 80 heavy (non-hydrogen) atoms. The lowest BCUT2D eigenvalue weighted by molar-refractivity contribution is -0.161. The zero-order valence-corrected chi connectivity index (χ0v) is 51.4. The number of hydrogen-bond acceptors (Lipinski definition) is 10. The van der Waals surface area contributed by atoms with E-state index in [4.69, 9.17) is 23.3 Å². The fourth-order valence-corrected chi connectivity index (χ4v) is 8.92. The second kappa shape index (κ2) is 61.0. The van der Waals surface area contributed by atoms with Gasteiger partial charge in [-0.2, -0.15) is 0 Å². The average Bonchev–Trinajstić information content (AvgIpc) is 3.45. The van der Waals surface area contributed by atoms with Gasteiger partial charge >= 0.3 is 25.7 Å². The monoisotopic (exact) mass is 1140 g/mol. The largest absolute Gasteiger partial charge is 0.472 e. The van der Waals surface area contributed by atoms with Crippen LogP contribution in [0.15, 0.2) is 122 Å². The Hall–Kier alpha value is -4.12. The van der Waals surface area contributed by atoms with Crippen LogP contribution in [-0.4, -0.2) is 66.5 Å². The molecule has 0 aliphatic rings. The minimum atomic E-state index is -4.78. The number of ether oxygens (including phenoxy) is 3.